The van der Waals surface area contributed by atoms with E-state index in [9.17, 15) is 10.1 Å². The second-order valence-corrected chi connectivity index (χ2v) is 4.77. The van der Waals surface area contributed by atoms with Crippen molar-refractivity contribution in [1.82, 2.24) is 0 Å². The van der Waals surface area contributed by atoms with E-state index in [0.29, 0.717) is 11.5 Å². The molecule has 0 aliphatic heterocycles. The molecule has 2 rings (SSSR count). The fourth-order valence-corrected chi connectivity index (χ4v) is 2.05. The molecule has 0 amide bonds. The first-order chi connectivity index (χ1) is 7.68. The summed E-state index contributed by atoms with van der Waals surface area (Å²) in [5, 5.41) is 9.33. The summed E-state index contributed by atoms with van der Waals surface area (Å²) in [7, 11) is 0. The number of hydrogen-bond acceptors (Lipinski definition) is 2. The van der Waals surface area contributed by atoms with E-state index in [0.717, 1.165) is 12.0 Å². The molecule has 1 aromatic carbocycles. The summed E-state index contributed by atoms with van der Waals surface area (Å²) < 4.78 is 0. The number of rotatable bonds is 4. The highest BCUT2D eigenvalue weighted by molar-refractivity contribution is 5.75. The van der Waals surface area contributed by atoms with Crippen LogP contribution < -0.4 is 0 Å². The normalized spacial score (nSPS) is 18.5. The van der Waals surface area contributed by atoms with Crippen LogP contribution in [0.5, 0.6) is 0 Å². The van der Waals surface area contributed by atoms with Crippen molar-refractivity contribution in [2.24, 2.45) is 5.92 Å². The second-order valence-electron chi connectivity index (χ2n) is 4.77. The van der Waals surface area contributed by atoms with Gasteiger partial charge in [0.1, 0.15) is 0 Å². The maximum Gasteiger partial charge on any atom is 0.233 e. The Bertz CT molecular complexity index is 442. The van der Waals surface area contributed by atoms with Crippen molar-refractivity contribution in [2.75, 3.05) is 0 Å². The molecule has 2 nitrogen and oxygen atoms in total. The molecule has 0 spiro atoms. The van der Waals surface area contributed by atoms with Crippen LogP contribution in [0.3, 0.4) is 0 Å². The molecule has 0 N–H and O–H groups in total. The Kier molecular flexibility index (Phi) is 2.78. The summed E-state index contributed by atoms with van der Waals surface area (Å²) in [5.41, 5.74) is 0.992. The van der Waals surface area contributed by atoms with Gasteiger partial charge in [0.2, 0.25) is 6.29 Å². The van der Waals surface area contributed by atoms with Crippen molar-refractivity contribution in [2.45, 2.75) is 31.6 Å². The average Bonchev–Trinajstić information content (AvgIpc) is 3.13. The Morgan fingerprint density at radius 1 is 1.50 bits per heavy atom. The fourth-order valence-electron chi connectivity index (χ4n) is 2.05. The Morgan fingerprint density at radius 2 is 2.25 bits per heavy atom. The highest BCUT2D eigenvalue weighted by atomic mass is 16.1. The molecule has 1 unspecified atom stereocenters. The maximum absolute atomic E-state index is 10.6. The second kappa shape index (κ2) is 4.09. The van der Waals surface area contributed by atoms with Crippen LogP contribution in [0.15, 0.2) is 24.3 Å². The Labute approximate surface area is 95.9 Å². The summed E-state index contributed by atoms with van der Waals surface area (Å²) in [6.07, 6.45) is 5.23. The Hall–Kier alpha value is -1.62. The molecule has 1 aliphatic rings. The quantitative estimate of drug-likeness (QED) is 0.770. The number of nitrogens with zero attached hydrogens (tertiary/aromatic N) is 1. The number of benzene rings is 1. The minimum atomic E-state index is -0.464. The lowest BCUT2D eigenvalue weighted by Crippen LogP contribution is -2.20. The van der Waals surface area contributed by atoms with Gasteiger partial charge in [0.25, 0.3) is 0 Å². The van der Waals surface area contributed by atoms with Crippen LogP contribution in [-0.2, 0) is 10.2 Å². The molecule has 1 radical (unpaired) electrons. The van der Waals surface area contributed by atoms with Gasteiger partial charge >= 0.3 is 0 Å². The summed E-state index contributed by atoms with van der Waals surface area (Å²) in [4.78, 5) is 10.6. The van der Waals surface area contributed by atoms with Gasteiger partial charge in [-0.2, -0.15) is 5.26 Å². The van der Waals surface area contributed by atoms with Gasteiger partial charge in [0.15, 0.2) is 0 Å². The number of nitriles is 1. The molecule has 1 aromatic rings. The number of carbonyl (C=O) groups excluding carboxylic acids is 1. The highest BCUT2D eigenvalue weighted by Crippen LogP contribution is 2.41. The first-order valence-electron chi connectivity index (χ1n) is 5.58. The smallest absolute Gasteiger partial charge is 0.233 e. The molecule has 1 saturated carbocycles. The first kappa shape index (κ1) is 10.9. The molecule has 2 heteroatoms. The standard InChI is InChI=1S/C14H14NO/c1-14(10-15,8-11-5-6-11)13-4-2-3-12(7-13)9-16/h2-4,7,11H,5-6,8H2,1H3. The van der Waals surface area contributed by atoms with E-state index >= 15 is 0 Å². The topological polar surface area (TPSA) is 40.9 Å². The third kappa shape index (κ3) is 2.14. The molecule has 1 aliphatic carbocycles. The average molecular weight is 212 g/mol. The molecule has 0 bridgehead atoms. The van der Waals surface area contributed by atoms with Crippen molar-refractivity contribution in [3.63, 3.8) is 0 Å². The molecule has 0 heterocycles. The largest absolute Gasteiger partial charge is 0.285 e. The van der Waals surface area contributed by atoms with Crippen molar-refractivity contribution >= 4 is 6.29 Å². The van der Waals surface area contributed by atoms with E-state index in [-0.39, 0.29) is 0 Å². The molecular formula is C14H14NO. The van der Waals surface area contributed by atoms with Crippen LogP contribution in [0.1, 0.15) is 37.3 Å². The fraction of sp³-hybridized carbons (Fsp3) is 0.429. The lowest BCUT2D eigenvalue weighted by atomic mass is 9.79. The lowest BCUT2D eigenvalue weighted by Gasteiger charge is -2.22. The minimum Gasteiger partial charge on any atom is -0.285 e. The van der Waals surface area contributed by atoms with Gasteiger partial charge in [-0.1, -0.05) is 31.0 Å². The third-order valence-corrected chi connectivity index (χ3v) is 3.26. The van der Waals surface area contributed by atoms with Crippen LogP contribution >= 0.6 is 0 Å². The molecule has 0 saturated heterocycles. The first-order valence-corrected chi connectivity index (χ1v) is 5.58. The zero-order valence-electron chi connectivity index (χ0n) is 9.36. The van der Waals surface area contributed by atoms with Gasteiger partial charge in [0, 0.05) is 5.56 Å². The Balaban J connectivity index is 2.31. The minimum absolute atomic E-state index is 0.464. The zero-order valence-corrected chi connectivity index (χ0v) is 9.36. The van der Waals surface area contributed by atoms with Gasteiger partial charge in [-0.05, 0) is 30.9 Å². The van der Waals surface area contributed by atoms with Crippen molar-refractivity contribution in [3.8, 4) is 6.07 Å². The van der Waals surface area contributed by atoms with E-state index in [4.69, 9.17) is 0 Å². The summed E-state index contributed by atoms with van der Waals surface area (Å²) >= 11 is 0. The Morgan fingerprint density at radius 3 is 2.81 bits per heavy atom. The van der Waals surface area contributed by atoms with Crippen molar-refractivity contribution in [1.29, 1.82) is 5.26 Å². The van der Waals surface area contributed by atoms with E-state index in [1.54, 1.807) is 12.1 Å². The predicted octanol–water partition coefficient (Wildman–Crippen LogP) is 2.73. The SMILES string of the molecule is CC(C#N)(CC1CC1)c1cccc([C]=O)c1. The monoisotopic (exact) mass is 212 g/mol. The molecule has 16 heavy (non-hydrogen) atoms. The predicted molar refractivity (Wildman–Crippen MR) is 61.5 cm³/mol. The van der Waals surface area contributed by atoms with Crippen LogP contribution in [0.25, 0.3) is 0 Å². The number of hydrogen-bond donors (Lipinski definition) is 0. The van der Waals surface area contributed by atoms with Gasteiger partial charge in [0.05, 0.1) is 11.5 Å². The third-order valence-electron chi connectivity index (χ3n) is 3.26. The van der Waals surface area contributed by atoms with E-state index in [1.807, 2.05) is 25.3 Å². The van der Waals surface area contributed by atoms with Gasteiger partial charge in [-0.15, -0.1) is 0 Å². The van der Waals surface area contributed by atoms with Crippen LogP contribution in [0, 0.1) is 17.2 Å². The van der Waals surface area contributed by atoms with Crippen molar-refractivity contribution < 1.29 is 4.79 Å². The summed E-state index contributed by atoms with van der Waals surface area (Å²) in [5.74, 6) is 0.688. The molecule has 1 atom stereocenters. The molecular weight excluding hydrogens is 198 g/mol. The van der Waals surface area contributed by atoms with Crippen LogP contribution in [0.2, 0.25) is 0 Å². The highest BCUT2D eigenvalue weighted by Gasteiger charge is 2.34. The van der Waals surface area contributed by atoms with Crippen LogP contribution in [-0.4, -0.2) is 6.29 Å². The molecule has 81 valence electrons. The van der Waals surface area contributed by atoms with Crippen LogP contribution in [0.4, 0.5) is 0 Å². The van der Waals surface area contributed by atoms with Gasteiger partial charge in [-0.25, -0.2) is 0 Å². The molecule has 1 fully saturated rings. The molecule has 0 aromatic heterocycles. The summed E-state index contributed by atoms with van der Waals surface area (Å²) in [6.45, 7) is 1.95. The van der Waals surface area contributed by atoms with E-state index < -0.39 is 5.41 Å². The summed E-state index contributed by atoms with van der Waals surface area (Å²) in [6, 6.07) is 9.62. The van der Waals surface area contributed by atoms with Gasteiger partial charge in [-0.3, -0.25) is 4.79 Å². The maximum atomic E-state index is 10.6. The van der Waals surface area contributed by atoms with Gasteiger partial charge < -0.3 is 0 Å². The van der Waals surface area contributed by atoms with E-state index in [2.05, 4.69) is 6.07 Å². The van der Waals surface area contributed by atoms with E-state index in [1.165, 1.54) is 12.8 Å². The lowest BCUT2D eigenvalue weighted by molar-refractivity contribution is 0.512. The van der Waals surface area contributed by atoms with Crippen molar-refractivity contribution in [3.05, 3.63) is 35.4 Å². The zero-order chi connectivity index (χ0) is 11.6.